The third-order valence-electron chi connectivity index (χ3n) is 6.32. The molecule has 1 fully saturated rings. The van der Waals surface area contributed by atoms with E-state index >= 15 is 0 Å². The van der Waals surface area contributed by atoms with E-state index in [1.165, 1.54) is 24.1 Å². The molecule has 4 rings (SSSR count). The fraction of sp³-hybridized carbons (Fsp3) is 0.357. The van der Waals surface area contributed by atoms with E-state index in [-0.39, 0.29) is 23.7 Å². The highest BCUT2D eigenvalue weighted by molar-refractivity contribution is 7.81. The number of halogens is 3. The van der Waals surface area contributed by atoms with Crippen molar-refractivity contribution in [1.82, 2.24) is 10.2 Å². The Labute approximate surface area is 214 Å². The lowest BCUT2D eigenvalue weighted by Gasteiger charge is -2.48. The molecule has 2 unspecified atom stereocenters. The summed E-state index contributed by atoms with van der Waals surface area (Å²) in [5.74, 6) is -0.604. The van der Waals surface area contributed by atoms with Crippen LogP contribution in [-0.2, 0) is 10.9 Å². The van der Waals surface area contributed by atoms with E-state index < -0.39 is 29.4 Å². The molecule has 1 aliphatic heterocycles. The second kappa shape index (κ2) is 9.82. The molecule has 0 radical (unpaired) electrons. The molecule has 2 aromatic carbocycles. The van der Waals surface area contributed by atoms with Crippen molar-refractivity contribution < 1.29 is 22.7 Å². The molecular weight excluding hydrogens is 485 g/mol. The van der Waals surface area contributed by atoms with E-state index in [4.69, 9.17) is 17.0 Å². The van der Waals surface area contributed by atoms with Gasteiger partial charge in [-0.25, -0.2) is 4.79 Å². The summed E-state index contributed by atoms with van der Waals surface area (Å²) in [6, 6.07) is 11.2. The standard InChI is InChI=1S/C28H29F3N2O2S/c1-27(2,3)32-26(34)33-16-22(25(33)35-4)21-10-7-9-20(24(21)28(29,30)31)18-14-12-17(13-15-18)19-8-5-6-11-23(19)36/h5-10,12-15,22,25H,11,16H2,1-4H3,(H,32,34). The SMILES string of the molecule is COC1C(c2cccc(-c3ccc(C4=CC=CCC4=S)cc3)c2C(F)(F)F)CN1C(=O)NC(C)(C)C. The molecule has 0 bridgehead atoms. The number of hydrogen-bond donors (Lipinski definition) is 1. The summed E-state index contributed by atoms with van der Waals surface area (Å²) in [4.78, 5) is 14.9. The molecule has 0 saturated carbocycles. The van der Waals surface area contributed by atoms with Crippen LogP contribution in [0.2, 0.25) is 0 Å². The van der Waals surface area contributed by atoms with Crippen LogP contribution in [0, 0.1) is 0 Å². The summed E-state index contributed by atoms with van der Waals surface area (Å²) in [7, 11) is 1.41. The Morgan fingerprint density at radius 3 is 2.33 bits per heavy atom. The van der Waals surface area contributed by atoms with Crippen molar-refractivity contribution in [2.45, 2.75) is 51.1 Å². The molecule has 1 saturated heterocycles. The number of alkyl halides is 3. The molecule has 8 heteroatoms. The summed E-state index contributed by atoms with van der Waals surface area (Å²) < 4.78 is 48.9. The van der Waals surface area contributed by atoms with Gasteiger partial charge in [0.15, 0.2) is 0 Å². The van der Waals surface area contributed by atoms with Gasteiger partial charge in [0.05, 0.1) is 5.56 Å². The van der Waals surface area contributed by atoms with Gasteiger partial charge in [0.2, 0.25) is 0 Å². The Bertz CT molecular complexity index is 1230. The van der Waals surface area contributed by atoms with Crippen LogP contribution >= 0.6 is 12.2 Å². The first-order valence-corrected chi connectivity index (χ1v) is 12.1. The minimum atomic E-state index is -4.59. The molecule has 2 amide bonds. The Balaban J connectivity index is 1.68. The molecule has 2 atom stereocenters. The van der Waals surface area contributed by atoms with Gasteiger partial charge in [-0.1, -0.05) is 72.9 Å². The van der Waals surface area contributed by atoms with Gasteiger partial charge in [-0.3, -0.25) is 4.90 Å². The Morgan fingerprint density at radius 1 is 1.08 bits per heavy atom. The smallest absolute Gasteiger partial charge is 0.361 e. The number of allylic oxidation sites excluding steroid dienone is 4. The lowest BCUT2D eigenvalue weighted by atomic mass is 9.82. The van der Waals surface area contributed by atoms with Crippen LogP contribution in [-0.4, -0.2) is 41.2 Å². The Kier molecular flexibility index (Phi) is 7.12. The Hall–Kier alpha value is -2.97. The van der Waals surface area contributed by atoms with Crippen molar-refractivity contribution in [3.63, 3.8) is 0 Å². The lowest BCUT2D eigenvalue weighted by Crippen LogP contribution is -2.62. The maximum Gasteiger partial charge on any atom is 0.417 e. The quantitative estimate of drug-likeness (QED) is 0.448. The molecule has 0 aromatic heterocycles. The van der Waals surface area contributed by atoms with Crippen LogP contribution in [0.25, 0.3) is 16.7 Å². The Morgan fingerprint density at radius 2 is 1.75 bits per heavy atom. The van der Waals surface area contributed by atoms with Crippen molar-refractivity contribution in [1.29, 1.82) is 0 Å². The summed E-state index contributed by atoms with van der Waals surface area (Å²) in [5, 5.41) is 2.84. The maximum atomic E-state index is 14.5. The van der Waals surface area contributed by atoms with Crippen LogP contribution in [0.4, 0.5) is 18.0 Å². The minimum absolute atomic E-state index is 0.0964. The first kappa shape index (κ1) is 26.1. The maximum absolute atomic E-state index is 14.5. The molecule has 1 heterocycles. The summed E-state index contributed by atoms with van der Waals surface area (Å²) >= 11 is 5.44. The van der Waals surface area contributed by atoms with Crippen molar-refractivity contribution in [2.75, 3.05) is 13.7 Å². The van der Waals surface area contributed by atoms with Crippen LogP contribution < -0.4 is 5.32 Å². The summed E-state index contributed by atoms with van der Waals surface area (Å²) in [5.41, 5.74) is 1.29. The van der Waals surface area contributed by atoms with Crippen LogP contribution in [0.5, 0.6) is 0 Å². The van der Waals surface area contributed by atoms with Crippen LogP contribution in [0.3, 0.4) is 0 Å². The number of thiocarbonyl (C=S) groups is 1. The van der Waals surface area contributed by atoms with Crippen molar-refractivity contribution in [3.8, 4) is 11.1 Å². The first-order valence-electron chi connectivity index (χ1n) is 11.7. The zero-order valence-electron chi connectivity index (χ0n) is 20.6. The van der Waals surface area contributed by atoms with Gasteiger partial charge in [-0.15, -0.1) is 0 Å². The fourth-order valence-corrected chi connectivity index (χ4v) is 4.97. The number of carbonyl (C=O) groups excluding carboxylic acids is 1. The normalized spacial score (nSPS) is 20.1. The van der Waals surface area contributed by atoms with Gasteiger partial charge in [0.1, 0.15) is 6.23 Å². The third kappa shape index (κ3) is 5.25. The molecule has 190 valence electrons. The van der Waals surface area contributed by atoms with Gasteiger partial charge < -0.3 is 10.1 Å². The molecule has 1 aliphatic carbocycles. The van der Waals surface area contributed by atoms with E-state index in [1.807, 2.05) is 39.0 Å². The second-order valence-electron chi connectivity index (χ2n) is 10.0. The van der Waals surface area contributed by atoms with Crippen molar-refractivity contribution in [2.24, 2.45) is 0 Å². The topological polar surface area (TPSA) is 41.6 Å². The molecule has 36 heavy (non-hydrogen) atoms. The van der Waals surface area contributed by atoms with E-state index in [0.29, 0.717) is 12.0 Å². The number of rotatable bonds is 4. The summed E-state index contributed by atoms with van der Waals surface area (Å²) in [6.07, 6.45) is 1.12. The van der Waals surface area contributed by atoms with Gasteiger partial charge in [0.25, 0.3) is 0 Å². The number of amides is 2. The van der Waals surface area contributed by atoms with Gasteiger partial charge in [-0.05, 0) is 48.6 Å². The predicted octanol–water partition coefficient (Wildman–Crippen LogP) is 6.97. The fourth-order valence-electron chi connectivity index (χ4n) is 4.68. The molecule has 0 spiro atoms. The predicted molar refractivity (Wildman–Crippen MR) is 140 cm³/mol. The molecule has 2 aromatic rings. The lowest BCUT2D eigenvalue weighted by molar-refractivity contribution is -0.140. The average Bonchev–Trinajstić information content (AvgIpc) is 2.77. The van der Waals surface area contributed by atoms with E-state index in [0.717, 1.165) is 16.0 Å². The van der Waals surface area contributed by atoms with Gasteiger partial charge >= 0.3 is 12.2 Å². The van der Waals surface area contributed by atoms with Crippen molar-refractivity contribution in [3.05, 3.63) is 77.4 Å². The monoisotopic (exact) mass is 514 g/mol. The number of nitrogens with one attached hydrogen (secondary N) is 1. The molecular formula is C28H29F3N2O2S. The van der Waals surface area contributed by atoms with E-state index in [9.17, 15) is 18.0 Å². The highest BCUT2D eigenvalue weighted by Gasteiger charge is 2.48. The highest BCUT2D eigenvalue weighted by Crippen LogP contribution is 2.46. The van der Waals surface area contributed by atoms with E-state index in [2.05, 4.69) is 5.32 Å². The number of carbonyl (C=O) groups is 1. The average molecular weight is 515 g/mol. The largest absolute Gasteiger partial charge is 0.417 e. The van der Waals surface area contributed by atoms with Gasteiger partial charge in [-0.2, -0.15) is 13.2 Å². The van der Waals surface area contributed by atoms with E-state index in [1.54, 1.807) is 30.3 Å². The van der Waals surface area contributed by atoms with Gasteiger partial charge in [0, 0.05) is 36.4 Å². The number of urea groups is 1. The zero-order chi connectivity index (χ0) is 26.3. The molecule has 2 aliphatic rings. The number of benzene rings is 2. The molecule has 4 nitrogen and oxygen atoms in total. The highest BCUT2D eigenvalue weighted by atomic mass is 32.1. The number of hydrogen-bond acceptors (Lipinski definition) is 3. The molecule has 1 N–H and O–H groups in total. The minimum Gasteiger partial charge on any atom is -0.361 e. The van der Waals surface area contributed by atoms with Crippen LogP contribution in [0.15, 0.2) is 60.7 Å². The first-order chi connectivity index (χ1) is 16.9. The number of likely N-dealkylation sites (tertiary alicyclic amines) is 1. The third-order valence-corrected chi connectivity index (χ3v) is 6.70. The van der Waals surface area contributed by atoms with Crippen molar-refractivity contribution >= 4 is 28.7 Å². The number of ether oxygens (including phenoxy) is 1. The zero-order valence-corrected chi connectivity index (χ0v) is 21.5. The number of methoxy groups -OCH3 is 1. The second-order valence-corrected chi connectivity index (χ2v) is 10.5. The summed E-state index contributed by atoms with van der Waals surface area (Å²) in [6.45, 7) is 5.66. The number of nitrogens with zero attached hydrogens (tertiary/aromatic N) is 1. The van der Waals surface area contributed by atoms with Crippen LogP contribution in [0.1, 0.15) is 49.8 Å².